The molecule has 1 N–H and O–H groups in total. The van der Waals surface area contributed by atoms with Gasteiger partial charge in [-0.05, 0) is 50.3 Å². The van der Waals surface area contributed by atoms with Crippen LogP contribution in [-0.4, -0.2) is 17.7 Å². The molecular formula is C16H23NO. The Bertz CT molecular complexity index is 441. The normalized spacial score (nSPS) is 20.5. The highest BCUT2D eigenvalue weighted by Gasteiger charge is 2.29. The average Bonchev–Trinajstić information content (AvgIpc) is 2.95. The van der Waals surface area contributed by atoms with Crippen LogP contribution in [0.15, 0.2) is 18.2 Å². The molecule has 0 atom stereocenters. The van der Waals surface area contributed by atoms with Crippen molar-refractivity contribution in [1.29, 1.82) is 0 Å². The minimum atomic E-state index is -0.737. The first kappa shape index (κ1) is 12.0. The van der Waals surface area contributed by atoms with Gasteiger partial charge in [0.1, 0.15) is 0 Å². The minimum absolute atomic E-state index is 0.737. The summed E-state index contributed by atoms with van der Waals surface area (Å²) in [5, 5.41) is 10.2. The highest BCUT2D eigenvalue weighted by atomic mass is 16.3. The molecule has 0 aromatic heterocycles. The summed E-state index contributed by atoms with van der Waals surface area (Å²) < 4.78 is 0. The van der Waals surface area contributed by atoms with E-state index in [0.29, 0.717) is 0 Å². The van der Waals surface area contributed by atoms with Gasteiger partial charge < -0.3 is 10.0 Å². The Morgan fingerprint density at radius 1 is 1.22 bits per heavy atom. The fourth-order valence-corrected chi connectivity index (χ4v) is 3.38. The van der Waals surface area contributed by atoms with Crippen molar-refractivity contribution in [3.8, 4) is 0 Å². The Kier molecular flexibility index (Phi) is 2.86. The van der Waals surface area contributed by atoms with E-state index >= 15 is 0 Å². The molecule has 2 nitrogen and oxygen atoms in total. The van der Waals surface area contributed by atoms with Crippen molar-refractivity contribution in [3.63, 3.8) is 0 Å². The smallest absolute Gasteiger partial charge is 0.0841 e. The summed E-state index contributed by atoms with van der Waals surface area (Å²) in [6.07, 6.45) is 6.60. The largest absolute Gasteiger partial charge is 0.386 e. The summed E-state index contributed by atoms with van der Waals surface area (Å²) in [5.41, 5.74) is 3.13. The van der Waals surface area contributed by atoms with Gasteiger partial charge in [-0.25, -0.2) is 0 Å². The van der Waals surface area contributed by atoms with E-state index in [1.807, 2.05) is 13.8 Å². The number of fused-ring (bicyclic) bond motifs is 1. The molecule has 1 saturated carbocycles. The topological polar surface area (TPSA) is 23.5 Å². The average molecular weight is 245 g/mol. The highest BCUT2D eigenvalue weighted by Crippen LogP contribution is 2.37. The van der Waals surface area contributed by atoms with Gasteiger partial charge in [-0.3, -0.25) is 0 Å². The van der Waals surface area contributed by atoms with E-state index in [1.54, 1.807) is 0 Å². The van der Waals surface area contributed by atoms with E-state index in [2.05, 4.69) is 23.1 Å². The molecule has 0 amide bonds. The number of aliphatic hydroxyl groups is 1. The van der Waals surface area contributed by atoms with E-state index in [1.165, 1.54) is 36.9 Å². The maximum atomic E-state index is 10.2. The number of nitrogens with zero attached hydrogens (tertiary/aromatic N) is 1. The Morgan fingerprint density at radius 3 is 2.61 bits per heavy atom. The number of benzene rings is 1. The van der Waals surface area contributed by atoms with E-state index in [9.17, 15) is 5.11 Å². The van der Waals surface area contributed by atoms with Gasteiger partial charge >= 0.3 is 0 Å². The van der Waals surface area contributed by atoms with Gasteiger partial charge in [0.25, 0.3) is 0 Å². The maximum absolute atomic E-state index is 10.2. The SMILES string of the molecule is CC(C)(O)c1ccc2c(c1)N(C1CCCC1)CC2. The quantitative estimate of drug-likeness (QED) is 0.864. The third-order valence-corrected chi connectivity index (χ3v) is 4.49. The molecule has 0 bridgehead atoms. The van der Waals surface area contributed by atoms with Gasteiger partial charge in [0.2, 0.25) is 0 Å². The van der Waals surface area contributed by atoms with Crippen molar-refractivity contribution in [2.45, 2.75) is 57.6 Å². The van der Waals surface area contributed by atoms with E-state index in [-0.39, 0.29) is 0 Å². The van der Waals surface area contributed by atoms with Gasteiger partial charge in [-0.1, -0.05) is 25.0 Å². The van der Waals surface area contributed by atoms with Gasteiger partial charge in [-0.15, -0.1) is 0 Å². The summed E-state index contributed by atoms with van der Waals surface area (Å²) in [6, 6.07) is 7.23. The van der Waals surface area contributed by atoms with Crippen molar-refractivity contribution in [2.75, 3.05) is 11.4 Å². The van der Waals surface area contributed by atoms with Crippen molar-refractivity contribution >= 4 is 5.69 Å². The third-order valence-electron chi connectivity index (χ3n) is 4.49. The molecule has 0 spiro atoms. The minimum Gasteiger partial charge on any atom is -0.386 e. The molecule has 0 saturated heterocycles. The molecule has 98 valence electrons. The molecule has 1 aliphatic heterocycles. The Labute approximate surface area is 110 Å². The second-order valence-corrected chi connectivity index (χ2v) is 6.28. The molecule has 0 radical (unpaired) electrons. The Morgan fingerprint density at radius 2 is 1.94 bits per heavy atom. The molecular weight excluding hydrogens is 222 g/mol. The Balaban J connectivity index is 1.93. The fraction of sp³-hybridized carbons (Fsp3) is 0.625. The van der Waals surface area contributed by atoms with Gasteiger partial charge in [0.15, 0.2) is 0 Å². The fourth-order valence-electron chi connectivity index (χ4n) is 3.38. The molecule has 18 heavy (non-hydrogen) atoms. The van der Waals surface area contributed by atoms with Crippen LogP contribution in [0, 0.1) is 0 Å². The first-order valence-electron chi connectivity index (χ1n) is 7.18. The molecule has 1 aliphatic carbocycles. The predicted octanol–water partition coefficient (Wildman–Crippen LogP) is 3.22. The highest BCUT2D eigenvalue weighted by molar-refractivity contribution is 5.61. The molecule has 3 rings (SSSR count). The number of rotatable bonds is 2. The first-order chi connectivity index (χ1) is 8.55. The van der Waals surface area contributed by atoms with Crippen LogP contribution < -0.4 is 4.90 Å². The molecule has 1 fully saturated rings. The third kappa shape index (κ3) is 2.03. The predicted molar refractivity (Wildman–Crippen MR) is 75.0 cm³/mol. The lowest BCUT2D eigenvalue weighted by atomic mass is 9.96. The molecule has 0 unspecified atom stereocenters. The standard InChI is InChI=1S/C16H23NO/c1-16(2,18)13-8-7-12-9-10-17(15(12)11-13)14-5-3-4-6-14/h7-8,11,14,18H,3-6,9-10H2,1-2H3. The summed E-state index contributed by atoms with van der Waals surface area (Å²) in [7, 11) is 0. The zero-order valence-corrected chi connectivity index (χ0v) is 11.4. The van der Waals surface area contributed by atoms with Crippen LogP contribution in [0.4, 0.5) is 5.69 Å². The van der Waals surface area contributed by atoms with Crippen LogP contribution in [0.2, 0.25) is 0 Å². The zero-order chi connectivity index (χ0) is 12.8. The van der Waals surface area contributed by atoms with Crippen LogP contribution >= 0.6 is 0 Å². The van der Waals surface area contributed by atoms with E-state index in [4.69, 9.17) is 0 Å². The summed E-state index contributed by atoms with van der Waals surface area (Å²) in [5.74, 6) is 0. The first-order valence-corrected chi connectivity index (χ1v) is 7.18. The van der Waals surface area contributed by atoms with Gasteiger partial charge in [0.05, 0.1) is 5.60 Å². The van der Waals surface area contributed by atoms with Crippen LogP contribution in [0.3, 0.4) is 0 Å². The van der Waals surface area contributed by atoms with Crippen molar-refractivity contribution in [3.05, 3.63) is 29.3 Å². The second kappa shape index (κ2) is 4.27. The monoisotopic (exact) mass is 245 g/mol. The molecule has 1 aromatic rings. The van der Waals surface area contributed by atoms with E-state index < -0.39 is 5.60 Å². The van der Waals surface area contributed by atoms with Crippen molar-refractivity contribution < 1.29 is 5.11 Å². The number of hydrogen-bond donors (Lipinski definition) is 1. The molecule has 1 heterocycles. The molecule has 2 aliphatic rings. The lowest BCUT2D eigenvalue weighted by Crippen LogP contribution is -2.31. The molecule has 2 heteroatoms. The van der Waals surface area contributed by atoms with Gasteiger partial charge in [-0.2, -0.15) is 0 Å². The van der Waals surface area contributed by atoms with Crippen LogP contribution in [-0.2, 0) is 12.0 Å². The number of hydrogen-bond acceptors (Lipinski definition) is 2. The Hall–Kier alpha value is -1.02. The summed E-state index contributed by atoms with van der Waals surface area (Å²) >= 11 is 0. The van der Waals surface area contributed by atoms with Crippen molar-refractivity contribution in [1.82, 2.24) is 0 Å². The number of anilines is 1. The van der Waals surface area contributed by atoms with Crippen LogP contribution in [0.1, 0.15) is 50.7 Å². The van der Waals surface area contributed by atoms with E-state index in [0.717, 1.165) is 24.6 Å². The van der Waals surface area contributed by atoms with Gasteiger partial charge in [0, 0.05) is 18.3 Å². The maximum Gasteiger partial charge on any atom is 0.0841 e. The lowest BCUT2D eigenvalue weighted by Gasteiger charge is -2.28. The molecule has 1 aromatic carbocycles. The van der Waals surface area contributed by atoms with Crippen molar-refractivity contribution in [2.24, 2.45) is 0 Å². The summed E-state index contributed by atoms with van der Waals surface area (Å²) in [4.78, 5) is 2.58. The second-order valence-electron chi connectivity index (χ2n) is 6.28. The lowest BCUT2D eigenvalue weighted by molar-refractivity contribution is 0.0786. The van der Waals surface area contributed by atoms with Crippen LogP contribution in [0.25, 0.3) is 0 Å². The zero-order valence-electron chi connectivity index (χ0n) is 11.4. The summed E-state index contributed by atoms with van der Waals surface area (Å²) in [6.45, 7) is 4.89. The van der Waals surface area contributed by atoms with Crippen LogP contribution in [0.5, 0.6) is 0 Å².